The summed E-state index contributed by atoms with van der Waals surface area (Å²) in [6.07, 6.45) is 3.55. The van der Waals surface area contributed by atoms with Gasteiger partial charge in [0, 0.05) is 26.1 Å². The highest BCUT2D eigenvalue weighted by atomic mass is 19.1. The predicted molar refractivity (Wildman–Crippen MR) is 78.9 cm³/mol. The molecule has 0 unspecified atom stereocenters. The van der Waals surface area contributed by atoms with E-state index in [4.69, 9.17) is 5.73 Å². The number of hydrogen-bond acceptors (Lipinski definition) is 2. The summed E-state index contributed by atoms with van der Waals surface area (Å²) in [5.41, 5.74) is 9.10. The molecule has 0 saturated heterocycles. The largest absolute Gasteiger partial charge is 0.339 e. The number of alkyl halides is 1. The molecule has 2 N–H and O–H groups in total. The zero-order chi connectivity index (χ0) is 14.5. The second kappa shape index (κ2) is 6.66. The molecule has 1 aromatic carbocycles. The molecule has 3 nitrogen and oxygen atoms in total. The van der Waals surface area contributed by atoms with Crippen LogP contribution < -0.4 is 5.73 Å². The fourth-order valence-corrected chi connectivity index (χ4v) is 2.43. The smallest absolute Gasteiger partial charge is 0.219 e. The lowest BCUT2D eigenvalue weighted by molar-refractivity contribution is -0.128. The first-order valence-corrected chi connectivity index (χ1v) is 6.95. The Bertz CT molecular complexity index is 496. The molecule has 1 aliphatic rings. The molecule has 108 valence electrons. The van der Waals surface area contributed by atoms with Crippen LogP contribution >= 0.6 is 0 Å². The van der Waals surface area contributed by atoms with Crippen LogP contribution in [0.1, 0.15) is 24.5 Å². The second-order valence-electron chi connectivity index (χ2n) is 5.26. The van der Waals surface area contributed by atoms with Crippen LogP contribution in [0, 0.1) is 0 Å². The van der Waals surface area contributed by atoms with Gasteiger partial charge in [-0.15, -0.1) is 0 Å². The van der Waals surface area contributed by atoms with Gasteiger partial charge in [0.25, 0.3) is 0 Å². The molecule has 1 aliphatic heterocycles. The fourth-order valence-electron chi connectivity index (χ4n) is 2.43. The summed E-state index contributed by atoms with van der Waals surface area (Å²) in [6.45, 7) is 2.56. The maximum Gasteiger partial charge on any atom is 0.219 e. The Morgan fingerprint density at radius 3 is 2.60 bits per heavy atom. The molecule has 1 heterocycles. The number of rotatable bonds is 4. The first kappa shape index (κ1) is 14.7. The first-order chi connectivity index (χ1) is 9.60. The number of carbonyl (C=O) groups excluding carboxylic acids is 1. The molecule has 0 fully saturated rings. The summed E-state index contributed by atoms with van der Waals surface area (Å²) in [5, 5.41) is 0. The summed E-state index contributed by atoms with van der Waals surface area (Å²) in [7, 11) is 0. The molecule has 0 bridgehead atoms. The summed E-state index contributed by atoms with van der Waals surface area (Å²) in [5.74, 6) is 0.121. The topological polar surface area (TPSA) is 46.3 Å². The predicted octanol–water partition coefficient (Wildman–Crippen LogP) is 2.16. The van der Waals surface area contributed by atoms with Crippen molar-refractivity contribution in [3.8, 4) is 0 Å². The minimum atomic E-state index is -0.492. The highest BCUT2D eigenvalue weighted by Gasteiger charge is 2.14. The number of hydrogen-bond donors (Lipinski definition) is 1. The fraction of sp³-hybridized carbons (Fsp3) is 0.438. The molecule has 0 saturated carbocycles. The van der Waals surface area contributed by atoms with Crippen LogP contribution in [0.25, 0.3) is 5.57 Å². The number of halogens is 1. The number of carbonyl (C=O) groups is 1. The van der Waals surface area contributed by atoms with E-state index in [0.29, 0.717) is 13.0 Å². The highest BCUT2D eigenvalue weighted by molar-refractivity contribution is 5.76. The van der Waals surface area contributed by atoms with Gasteiger partial charge in [-0.1, -0.05) is 30.3 Å². The molecule has 0 radical (unpaired) electrons. The minimum absolute atomic E-state index is 0.121. The molecule has 0 spiro atoms. The maximum absolute atomic E-state index is 12.4. The average Bonchev–Trinajstić information content (AvgIpc) is 2.48. The van der Waals surface area contributed by atoms with E-state index in [-0.39, 0.29) is 5.91 Å². The summed E-state index contributed by atoms with van der Waals surface area (Å²) in [6, 6.07) is 7.69. The monoisotopic (exact) mass is 276 g/mol. The number of amides is 1. The first-order valence-electron chi connectivity index (χ1n) is 6.95. The van der Waals surface area contributed by atoms with Gasteiger partial charge in [-0.2, -0.15) is 0 Å². The Kier molecular flexibility index (Phi) is 4.90. The molecule has 0 aliphatic carbocycles. The van der Waals surface area contributed by atoms with Crippen LogP contribution in [-0.2, 0) is 11.2 Å². The van der Waals surface area contributed by atoms with Crippen molar-refractivity contribution in [3.05, 3.63) is 41.5 Å². The van der Waals surface area contributed by atoms with Crippen molar-refractivity contribution in [2.24, 2.45) is 5.73 Å². The van der Waals surface area contributed by atoms with Gasteiger partial charge in [-0.05, 0) is 29.5 Å². The van der Waals surface area contributed by atoms with Crippen molar-refractivity contribution in [2.45, 2.75) is 25.8 Å². The van der Waals surface area contributed by atoms with Crippen LogP contribution in [0.15, 0.2) is 30.3 Å². The van der Waals surface area contributed by atoms with E-state index in [9.17, 15) is 9.18 Å². The lowest BCUT2D eigenvalue weighted by atomic mass is 9.97. The molecule has 1 aromatic rings. The molecular weight excluding hydrogens is 255 g/mol. The molecule has 4 heteroatoms. The molecular formula is C16H21FN2O. The number of benzene rings is 1. The number of nitrogens with two attached hydrogens (primary N) is 1. The summed E-state index contributed by atoms with van der Waals surface area (Å²) < 4.78 is 12.4. The van der Waals surface area contributed by atoms with Crippen LogP contribution in [-0.4, -0.2) is 36.6 Å². The van der Waals surface area contributed by atoms with Crippen LogP contribution in [0.5, 0.6) is 0 Å². The van der Waals surface area contributed by atoms with Crippen molar-refractivity contribution in [1.29, 1.82) is 0 Å². The number of nitrogens with zero attached hydrogens (tertiary/aromatic N) is 1. The van der Waals surface area contributed by atoms with Gasteiger partial charge in [0.1, 0.15) is 6.67 Å². The van der Waals surface area contributed by atoms with Crippen LogP contribution in [0.2, 0.25) is 0 Å². The molecule has 1 atom stereocenters. The van der Waals surface area contributed by atoms with E-state index in [1.165, 1.54) is 11.1 Å². The van der Waals surface area contributed by atoms with E-state index < -0.39 is 12.7 Å². The van der Waals surface area contributed by atoms with Gasteiger partial charge in [-0.25, -0.2) is 4.39 Å². The van der Waals surface area contributed by atoms with Crippen LogP contribution in [0.3, 0.4) is 0 Å². The Morgan fingerprint density at radius 1 is 1.40 bits per heavy atom. The molecule has 1 amide bonds. The second-order valence-corrected chi connectivity index (χ2v) is 5.26. The quantitative estimate of drug-likeness (QED) is 0.916. The van der Waals surface area contributed by atoms with E-state index in [1.807, 2.05) is 17.0 Å². The summed E-state index contributed by atoms with van der Waals surface area (Å²) >= 11 is 0. The summed E-state index contributed by atoms with van der Waals surface area (Å²) in [4.78, 5) is 13.1. The van der Waals surface area contributed by atoms with Gasteiger partial charge >= 0.3 is 0 Å². The van der Waals surface area contributed by atoms with Gasteiger partial charge < -0.3 is 10.6 Å². The zero-order valence-electron chi connectivity index (χ0n) is 11.8. The lowest BCUT2D eigenvalue weighted by Gasteiger charge is -2.25. The van der Waals surface area contributed by atoms with E-state index in [1.54, 1.807) is 6.92 Å². The average molecular weight is 276 g/mol. The van der Waals surface area contributed by atoms with E-state index >= 15 is 0 Å². The Hall–Kier alpha value is -1.68. The highest BCUT2D eigenvalue weighted by Crippen LogP contribution is 2.23. The molecule has 20 heavy (non-hydrogen) atoms. The Morgan fingerprint density at radius 2 is 2.10 bits per heavy atom. The van der Waals surface area contributed by atoms with Crippen molar-refractivity contribution in [3.63, 3.8) is 0 Å². The van der Waals surface area contributed by atoms with E-state index in [2.05, 4.69) is 18.2 Å². The third-order valence-corrected chi connectivity index (χ3v) is 3.68. The van der Waals surface area contributed by atoms with Crippen molar-refractivity contribution >= 4 is 11.5 Å². The van der Waals surface area contributed by atoms with Gasteiger partial charge in [-0.3, -0.25) is 4.79 Å². The van der Waals surface area contributed by atoms with Crippen molar-refractivity contribution in [1.82, 2.24) is 4.90 Å². The van der Waals surface area contributed by atoms with Gasteiger partial charge in [0.05, 0.1) is 0 Å². The van der Waals surface area contributed by atoms with Gasteiger partial charge in [0.2, 0.25) is 5.91 Å². The third kappa shape index (κ3) is 3.67. The molecule has 2 rings (SSSR count). The Balaban J connectivity index is 2.02. The van der Waals surface area contributed by atoms with Crippen molar-refractivity contribution < 1.29 is 9.18 Å². The molecule has 0 aromatic heterocycles. The maximum atomic E-state index is 12.4. The lowest BCUT2D eigenvalue weighted by Crippen LogP contribution is -2.32. The zero-order valence-corrected chi connectivity index (χ0v) is 11.8. The Labute approximate surface area is 119 Å². The standard InChI is InChI=1S/C16H21FN2O/c1-12(20)19-8-6-15(7-9-19)14-4-2-13(3-5-14)10-16(18)11-17/h2-6,16H,7-11,18H2,1H3/t16-/m0/s1. The normalized spacial score (nSPS) is 16.8. The minimum Gasteiger partial charge on any atom is -0.339 e. The van der Waals surface area contributed by atoms with Crippen molar-refractivity contribution in [2.75, 3.05) is 19.8 Å². The van der Waals surface area contributed by atoms with Crippen LogP contribution in [0.4, 0.5) is 4.39 Å². The van der Waals surface area contributed by atoms with Gasteiger partial charge in [0.15, 0.2) is 0 Å². The van der Waals surface area contributed by atoms with E-state index in [0.717, 1.165) is 18.5 Å². The SMILES string of the molecule is CC(=O)N1CC=C(c2ccc(C[C@H](N)CF)cc2)CC1. The third-order valence-electron chi connectivity index (χ3n) is 3.68.